The molecule has 1 aromatic heterocycles. The highest BCUT2D eigenvalue weighted by Crippen LogP contribution is 2.25. The molecule has 0 saturated carbocycles. The summed E-state index contributed by atoms with van der Waals surface area (Å²) >= 11 is 0. The lowest BCUT2D eigenvalue weighted by atomic mass is 10.1. The van der Waals surface area contributed by atoms with E-state index in [9.17, 15) is 9.18 Å². The number of carbonyl (C=O) groups excluding carboxylic acids is 1. The van der Waals surface area contributed by atoms with Gasteiger partial charge in [-0.25, -0.2) is 4.39 Å². The predicted octanol–water partition coefficient (Wildman–Crippen LogP) is 4.06. The topological polar surface area (TPSA) is 81.9 Å². The molecule has 0 saturated heterocycles. The molecule has 152 valence electrons. The zero-order chi connectivity index (χ0) is 20.9. The Hall–Kier alpha value is -3.81. The summed E-state index contributed by atoms with van der Waals surface area (Å²) < 4.78 is 21.4. The molecule has 1 heterocycles. The molecule has 0 bridgehead atoms. The van der Waals surface area contributed by atoms with Crippen molar-refractivity contribution in [1.29, 1.82) is 0 Å². The van der Waals surface area contributed by atoms with Crippen molar-refractivity contribution < 1.29 is 13.9 Å². The lowest BCUT2D eigenvalue weighted by molar-refractivity contribution is -0.116. The number of aryl methyl sites for hydroxylation is 1. The second kappa shape index (κ2) is 8.69. The van der Waals surface area contributed by atoms with Crippen molar-refractivity contribution in [2.24, 2.45) is 0 Å². The van der Waals surface area contributed by atoms with Gasteiger partial charge in [0.25, 0.3) is 0 Å². The van der Waals surface area contributed by atoms with E-state index >= 15 is 0 Å². The molecular weight excluding hydrogens is 385 g/mol. The van der Waals surface area contributed by atoms with E-state index in [4.69, 9.17) is 4.74 Å². The van der Waals surface area contributed by atoms with E-state index in [0.29, 0.717) is 24.5 Å². The molecule has 30 heavy (non-hydrogen) atoms. The van der Waals surface area contributed by atoms with Gasteiger partial charge < -0.3 is 10.1 Å². The Bertz CT molecular complexity index is 1190. The number of nitrogens with zero attached hydrogens (tertiary/aromatic N) is 4. The van der Waals surface area contributed by atoms with Gasteiger partial charge in [0, 0.05) is 11.8 Å². The molecule has 8 heteroatoms. The molecule has 7 nitrogen and oxygen atoms in total. The van der Waals surface area contributed by atoms with Crippen molar-refractivity contribution in [3.05, 3.63) is 72.3 Å². The average molecular weight is 405 g/mol. The van der Waals surface area contributed by atoms with E-state index in [-0.39, 0.29) is 18.0 Å². The summed E-state index contributed by atoms with van der Waals surface area (Å²) in [6.07, 6.45) is 0.709. The third kappa shape index (κ3) is 4.27. The average Bonchev–Trinajstić information content (AvgIpc) is 3.19. The number of amides is 1. The number of hydrogen-bond donors (Lipinski definition) is 1. The molecule has 0 aliphatic carbocycles. The maximum Gasteiger partial charge on any atom is 0.224 e. The molecular formula is C22H20FN5O2. The van der Waals surface area contributed by atoms with Crippen LogP contribution in [-0.4, -0.2) is 32.7 Å². The monoisotopic (exact) mass is 405 g/mol. The van der Waals surface area contributed by atoms with Gasteiger partial charge in [0.2, 0.25) is 5.91 Å². The normalized spacial score (nSPS) is 10.9. The van der Waals surface area contributed by atoms with Crippen LogP contribution in [0.4, 0.5) is 10.1 Å². The molecule has 1 N–H and O–H groups in total. The molecule has 3 aromatic carbocycles. The first kappa shape index (κ1) is 19.5. The molecule has 4 aromatic rings. The van der Waals surface area contributed by atoms with Crippen LogP contribution in [-0.2, 0) is 4.79 Å². The Morgan fingerprint density at radius 1 is 1.13 bits per heavy atom. The predicted molar refractivity (Wildman–Crippen MR) is 111 cm³/mol. The highest BCUT2D eigenvalue weighted by molar-refractivity contribution is 5.91. The van der Waals surface area contributed by atoms with Crippen LogP contribution < -0.4 is 10.1 Å². The smallest absolute Gasteiger partial charge is 0.224 e. The van der Waals surface area contributed by atoms with Gasteiger partial charge in [0.15, 0.2) is 5.82 Å². The minimum atomic E-state index is -0.523. The fourth-order valence-corrected chi connectivity index (χ4v) is 3.16. The Labute approximate surface area is 172 Å². The number of tetrazole rings is 1. The van der Waals surface area contributed by atoms with Crippen molar-refractivity contribution in [3.63, 3.8) is 0 Å². The molecule has 0 aliphatic heterocycles. The van der Waals surface area contributed by atoms with Gasteiger partial charge >= 0.3 is 0 Å². The summed E-state index contributed by atoms with van der Waals surface area (Å²) in [6.45, 7) is 2.12. The van der Waals surface area contributed by atoms with Crippen molar-refractivity contribution in [3.8, 4) is 11.4 Å². The van der Waals surface area contributed by atoms with E-state index < -0.39 is 5.82 Å². The molecule has 0 fully saturated rings. The lowest BCUT2D eigenvalue weighted by Crippen LogP contribution is -2.14. The summed E-state index contributed by atoms with van der Waals surface area (Å²) in [5.41, 5.74) is 0.649. The summed E-state index contributed by atoms with van der Waals surface area (Å²) in [4.78, 5) is 12.3. The van der Waals surface area contributed by atoms with Crippen LogP contribution in [0.5, 0.6) is 5.75 Å². The number of anilines is 1. The largest absolute Gasteiger partial charge is 0.493 e. The summed E-state index contributed by atoms with van der Waals surface area (Å²) in [6, 6.07) is 18.2. The molecule has 4 rings (SSSR count). The summed E-state index contributed by atoms with van der Waals surface area (Å²) in [7, 11) is 0. The summed E-state index contributed by atoms with van der Waals surface area (Å²) in [5, 5.41) is 16.0. The van der Waals surface area contributed by atoms with Gasteiger partial charge in [0.05, 0.1) is 18.0 Å². The van der Waals surface area contributed by atoms with E-state index in [2.05, 4.69) is 20.8 Å². The maximum absolute atomic E-state index is 14.1. The van der Waals surface area contributed by atoms with Crippen molar-refractivity contribution in [2.75, 3.05) is 11.9 Å². The SMILES string of the molecule is Cc1nnnn1-c1ccc(F)c(NC(=O)CCCOc2cccc3ccccc23)c1. The fraction of sp³-hybridized carbons (Fsp3) is 0.182. The van der Waals surface area contributed by atoms with Crippen molar-refractivity contribution in [2.45, 2.75) is 19.8 Å². The fourth-order valence-electron chi connectivity index (χ4n) is 3.16. The number of halogens is 1. The number of ether oxygens (including phenoxy) is 1. The zero-order valence-electron chi connectivity index (χ0n) is 16.4. The van der Waals surface area contributed by atoms with E-state index in [1.165, 1.54) is 16.8 Å². The van der Waals surface area contributed by atoms with Gasteiger partial charge in [-0.2, -0.15) is 4.68 Å². The van der Waals surface area contributed by atoms with Crippen molar-refractivity contribution >= 4 is 22.4 Å². The second-order valence-electron chi connectivity index (χ2n) is 6.78. The van der Waals surface area contributed by atoms with E-state index in [1.54, 1.807) is 13.0 Å². The third-order valence-corrected chi connectivity index (χ3v) is 4.65. The highest BCUT2D eigenvalue weighted by atomic mass is 19.1. The van der Waals surface area contributed by atoms with Crippen LogP contribution in [0.1, 0.15) is 18.7 Å². The molecule has 0 atom stereocenters. The quantitative estimate of drug-likeness (QED) is 0.469. The first-order chi connectivity index (χ1) is 14.6. The molecule has 1 amide bonds. The van der Waals surface area contributed by atoms with Gasteiger partial charge in [-0.1, -0.05) is 36.4 Å². The highest BCUT2D eigenvalue weighted by Gasteiger charge is 2.11. The minimum absolute atomic E-state index is 0.0855. The van der Waals surface area contributed by atoms with E-state index in [1.807, 2.05) is 42.5 Å². The number of rotatable bonds is 7. The van der Waals surface area contributed by atoms with Crippen LogP contribution in [0.3, 0.4) is 0 Å². The standard InChI is InChI=1S/C22H20FN5O2/c1-15-25-26-27-28(15)17-11-12-19(23)20(14-17)24-22(29)10-5-13-30-21-9-4-7-16-6-2-3-8-18(16)21/h2-4,6-9,11-12,14H,5,10,13H2,1H3,(H,24,29). The number of carbonyl (C=O) groups is 1. The zero-order valence-corrected chi connectivity index (χ0v) is 16.4. The van der Waals surface area contributed by atoms with Gasteiger partial charge in [0.1, 0.15) is 11.6 Å². The number of nitrogens with one attached hydrogen (secondary N) is 1. The molecule has 0 unspecified atom stereocenters. The van der Waals surface area contributed by atoms with Crippen LogP contribution in [0, 0.1) is 12.7 Å². The van der Waals surface area contributed by atoms with Gasteiger partial charge in [-0.3, -0.25) is 4.79 Å². The molecule has 0 aliphatic rings. The Balaban J connectivity index is 1.33. The first-order valence-corrected chi connectivity index (χ1v) is 9.57. The maximum atomic E-state index is 14.1. The Kier molecular flexibility index (Phi) is 5.65. The summed E-state index contributed by atoms with van der Waals surface area (Å²) in [5.74, 6) is 0.527. The lowest BCUT2D eigenvalue weighted by Gasteiger charge is -2.11. The molecule has 0 radical (unpaired) electrons. The first-order valence-electron chi connectivity index (χ1n) is 9.57. The van der Waals surface area contributed by atoms with Crippen LogP contribution in [0.25, 0.3) is 16.5 Å². The number of fused-ring (bicyclic) bond motifs is 1. The van der Waals surface area contributed by atoms with Crippen LogP contribution in [0.15, 0.2) is 60.7 Å². The van der Waals surface area contributed by atoms with Crippen LogP contribution in [0.2, 0.25) is 0 Å². The Morgan fingerprint density at radius 2 is 1.97 bits per heavy atom. The molecule has 0 spiro atoms. The Morgan fingerprint density at radius 3 is 2.80 bits per heavy atom. The van der Waals surface area contributed by atoms with Crippen molar-refractivity contribution in [1.82, 2.24) is 20.2 Å². The van der Waals surface area contributed by atoms with E-state index in [0.717, 1.165) is 16.5 Å². The third-order valence-electron chi connectivity index (χ3n) is 4.65. The minimum Gasteiger partial charge on any atom is -0.493 e. The second-order valence-corrected chi connectivity index (χ2v) is 6.78. The van der Waals surface area contributed by atoms with Gasteiger partial charge in [-0.05, 0) is 53.4 Å². The van der Waals surface area contributed by atoms with Crippen LogP contribution >= 0.6 is 0 Å². The number of aromatic nitrogens is 4. The van der Waals surface area contributed by atoms with Gasteiger partial charge in [-0.15, -0.1) is 5.10 Å². The number of hydrogen-bond acceptors (Lipinski definition) is 5. The number of benzene rings is 3.